The molecule has 0 spiro atoms. The number of nitrogens with one attached hydrogen (secondary N) is 1. The number of carbonyl (C=O) groups is 1. The van der Waals surface area contributed by atoms with Gasteiger partial charge in [-0.1, -0.05) is 24.3 Å². The maximum absolute atomic E-state index is 13.0. The molecule has 45 heavy (non-hydrogen) atoms. The maximum atomic E-state index is 13.0. The summed E-state index contributed by atoms with van der Waals surface area (Å²) in [6, 6.07) is 24.6. The Morgan fingerprint density at radius 2 is 1.49 bits per heavy atom. The second-order valence-electron chi connectivity index (χ2n) is 12.2. The van der Waals surface area contributed by atoms with Crippen molar-refractivity contribution < 1.29 is 22.4 Å². The molecule has 0 radical (unpaired) electrons. The second-order valence-corrected chi connectivity index (χ2v) is 14.2. The van der Waals surface area contributed by atoms with Crippen molar-refractivity contribution in [3.63, 3.8) is 0 Å². The Morgan fingerprint density at radius 1 is 0.889 bits per heavy atom. The number of piperidine rings is 2. The Kier molecular flexibility index (Phi) is 9.21. The number of rotatable bonds is 9. The van der Waals surface area contributed by atoms with Crippen molar-refractivity contribution in [1.82, 2.24) is 15.1 Å². The van der Waals surface area contributed by atoms with Crippen LogP contribution in [-0.2, 0) is 22.9 Å². The van der Waals surface area contributed by atoms with Gasteiger partial charge in [0.2, 0.25) is 0 Å². The van der Waals surface area contributed by atoms with Gasteiger partial charge in [-0.15, -0.1) is 0 Å². The summed E-state index contributed by atoms with van der Waals surface area (Å²) in [5.74, 6) is 0.872. The van der Waals surface area contributed by atoms with Crippen LogP contribution in [0.25, 0.3) is 11.0 Å². The van der Waals surface area contributed by atoms with E-state index in [0.717, 1.165) is 81.7 Å². The summed E-state index contributed by atoms with van der Waals surface area (Å²) in [7, 11) is -3.19. The highest BCUT2D eigenvalue weighted by molar-refractivity contribution is 7.90. The van der Waals surface area contributed by atoms with E-state index in [1.54, 1.807) is 18.2 Å². The number of nitrogens with zero attached hydrogens (tertiary/aromatic N) is 3. The van der Waals surface area contributed by atoms with Crippen LogP contribution in [0.4, 0.5) is 0 Å². The second kappa shape index (κ2) is 13.4. The number of amides is 1. The van der Waals surface area contributed by atoms with E-state index in [-0.39, 0.29) is 18.1 Å². The van der Waals surface area contributed by atoms with Crippen LogP contribution in [-0.4, -0.2) is 68.7 Å². The summed E-state index contributed by atoms with van der Waals surface area (Å²) < 4.78 is 35.6. The molecule has 3 heterocycles. The minimum Gasteiger partial charge on any atom is -0.490 e. The highest BCUT2D eigenvalue weighted by Gasteiger charge is 2.24. The van der Waals surface area contributed by atoms with E-state index in [2.05, 4.69) is 21.2 Å². The lowest BCUT2D eigenvalue weighted by atomic mass is 10.0. The monoisotopic (exact) mass is 626 g/mol. The first kappa shape index (κ1) is 30.8. The molecule has 3 aromatic carbocycles. The van der Waals surface area contributed by atoms with Crippen LogP contribution < -0.4 is 10.1 Å². The SMILES string of the molecule is CS(=O)(=O)c1ccc(CN2CCC(Oc3ccc4oc(C(=O)NC5CCN(Cc6ccc(C#N)cc6)CC5)cc4c3)CC2)cc1. The van der Waals surface area contributed by atoms with E-state index >= 15 is 0 Å². The number of furan rings is 1. The Labute approximate surface area is 264 Å². The van der Waals surface area contributed by atoms with Gasteiger partial charge in [0.15, 0.2) is 15.6 Å². The first-order valence-electron chi connectivity index (χ1n) is 15.5. The van der Waals surface area contributed by atoms with Crippen LogP contribution in [0.2, 0.25) is 0 Å². The topological polar surface area (TPSA) is 116 Å². The van der Waals surface area contributed by atoms with Gasteiger partial charge in [-0.25, -0.2) is 8.42 Å². The highest BCUT2D eigenvalue weighted by Crippen LogP contribution is 2.27. The standard InChI is InChI=1S/C35H38N4O5S/c1-45(41,42)32-9-6-27(7-10-32)24-39-18-14-30(15-19-39)43-31-8-11-33-28(20-31)21-34(44-33)35(40)37-29-12-16-38(17-13-29)23-26-4-2-25(22-36)3-5-26/h2-11,20-21,29-30H,12-19,23-24H2,1H3,(H,37,40). The Balaban J connectivity index is 0.961. The third kappa shape index (κ3) is 7.92. The van der Waals surface area contributed by atoms with Gasteiger partial charge < -0.3 is 14.5 Å². The quantitative estimate of drug-likeness (QED) is 0.271. The molecule has 0 aliphatic carbocycles. The molecule has 0 atom stereocenters. The highest BCUT2D eigenvalue weighted by atomic mass is 32.2. The molecule has 2 aliphatic heterocycles. The Morgan fingerprint density at radius 3 is 2.09 bits per heavy atom. The third-order valence-electron chi connectivity index (χ3n) is 8.72. The Bertz CT molecular complexity index is 1780. The van der Waals surface area contributed by atoms with E-state index < -0.39 is 9.84 Å². The number of hydrogen-bond donors (Lipinski definition) is 1. The van der Waals surface area contributed by atoms with E-state index in [0.29, 0.717) is 21.8 Å². The lowest BCUT2D eigenvalue weighted by Gasteiger charge is -2.32. The average molecular weight is 627 g/mol. The van der Waals surface area contributed by atoms with Crippen molar-refractivity contribution in [2.45, 2.75) is 55.8 Å². The lowest BCUT2D eigenvalue weighted by molar-refractivity contribution is 0.0883. The van der Waals surface area contributed by atoms with Gasteiger partial charge in [-0.05, 0) is 85.3 Å². The van der Waals surface area contributed by atoms with Crippen molar-refractivity contribution in [1.29, 1.82) is 5.26 Å². The van der Waals surface area contributed by atoms with Gasteiger partial charge in [0.1, 0.15) is 17.4 Å². The zero-order valence-electron chi connectivity index (χ0n) is 25.4. The summed E-state index contributed by atoms with van der Waals surface area (Å²) in [5.41, 5.74) is 3.60. The van der Waals surface area contributed by atoms with Gasteiger partial charge in [0.25, 0.3) is 5.91 Å². The summed E-state index contributed by atoms with van der Waals surface area (Å²) in [6.45, 7) is 5.19. The van der Waals surface area contributed by atoms with Crippen molar-refractivity contribution >= 4 is 26.7 Å². The first-order valence-corrected chi connectivity index (χ1v) is 17.3. The van der Waals surface area contributed by atoms with Crippen molar-refractivity contribution in [3.05, 3.63) is 95.2 Å². The molecule has 1 N–H and O–H groups in total. The number of carbonyl (C=O) groups excluding carboxylic acids is 1. The smallest absolute Gasteiger partial charge is 0.287 e. The predicted octanol–water partition coefficient (Wildman–Crippen LogP) is 5.15. The fourth-order valence-electron chi connectivity index (χ4n) is 6.12. The molecule has 0 bridgehead atoms. The van der Waals surface area contributed by atoms with Crippen molar-refractivity contribution in [2.75, 3.05) is 32.4 Å². The van der Waals surface area contributed by atoms with E-state index in [1.165, 1.54) is 11.8 Å². The molecule has 6 rings (SSSR count). The van der Waals surface area contributed by atoms with Gasteiger partial charge in [0.05, 0.1) is 16.5 Å². The van der Waals surface area contributed by atoms with E-state index in [9.17, 15) is 13.2 Å². The van der Waals surface area contributed by atoms with E-state index in [1.807, 2.05) is 54.6 Å². The molecule has 2 fully saturated rings. The normalized spacial score (nSPS) is 17.2. The molecular formula is C35H38N4O5S. The average Bonchev–Trinajstić information content (AvgIpc) is 3.47. The Hall–Kier alpha value is -4.17. The summed E-state index contributed by atoms with van der Waals surface area (Å²) in [4.78, 5) is 18.1. The molecular weight excluding hydrogens is 588 g/mol. The van der Waals surface area contributed by atoms with Gasteiger partial charge in [0, 0.05) is 57.0 Å². The van der Waals surface area contributed by atoms with Crippen LogP contribution in [0.5, 0.6) is 5.75 Å². The number of nitriles is 1. The summed E-state index contributed by atoms with van der Waals surface area (Å²) in [6.07, 6.45) is 4.85. The first-order chi connectivity index (χ1) is 21.7. The van der Waals surface area contributed by atoms with Crippen molar-refractivity contribution in [2.24, 2.45) is 0 Å². The van der Waals surface area contributed by atoms with Crippen LogP contribution in [0.15, 0.2) is 82.1 Å². The van der Waals surface area contributed by atoms with Crippen LogP contribution >= 0.6 is 0 Å². The molecule has 0 unspecified atom stereocenters. The van der Waals surface area contributed by atoms with Crippen molar-refractivity contribution in [3.8, 4) is 11.8 Å². The summed E-state index contributed by atoms with van der Waals surface area (Å²) >= 11 is 0. The number of ether oxygens (including phenoxy) is 1. The molecule has 0 saturated carbocycles. The lowest BCUT2D eigenvalue weighted by Crippen LogP contribution is -2.44. The molecule has 9 nitrogen and oxygen atoms in total. The van der Waals surface area contributed by atoms with Crippen LogP contribution in [0, 0.1) is 11.3 Å². The number of hydrogen-bond acceptors (Lipinski definition) is 8. The largest absolute Gasteiger partial charge is 0.490 e. The predicted molar refractivity (Wildman–Crippen MR) is 172 cm³/mol. The number of likely N-dealkylation sites (tertiary alicyclic amines) is 2. The molecule has 1 amide bonds. The number of fused-ring (bicyclic) bond motifs is 1. The molecule has 234 valence electrons. The molecule has 4 aromatic rings. The third-order valence-corrected chi connectivity index (χ3v) is 9.85. The molecule has 2 saturated heterocycles. The van der Waals surface area contributed by atoms with Gasteiger partial charge >= 0.3 is 0 Å². The van der Waals surface area contributed by atoms with Gasteiger partial charge in [-0.3, -0.25) is 14.6 Å². The molecule has 10 heteroatoms. The maximum Gasteiger partial charge on any atom is 0.287 e. The number of sulfone groups is 1. The molecule has 2 aliphatic rings. The van der Waals surface area contributed by atoms with E-state index in [4.69, 9.17) is 14.4 Å². The fraction of sp³-hybridized carbons (Fsp3) is 0.371. The van der Waals surface area contributed by atoms with Gasteiger partial charge in [-0.2, -0.15) is 5.26 Å². The zero-order chi connectivity index (χ0) is 31.4. The molecule has 1 aromatic heterocycles. The summed E-state index contributed by atoms with van der Waals surface area (Å²) in [5, 5.41) is 13.0. The minimum absolute atomic E-state index is 0.0968. The number of benzene rings is 3. The zero-order valence-corrected chi connectivity index (χ0v) is 26.3. The minimum atomic E-state index is -3.19. The van der Waals surface area contributed by atoms with Crippen LogP contribution in [0.3, 0.4) is 0 Å². The fourth-order valence-corrected chi connectivity index (χ4v) is 6.75. The van der Waals surface area contributed by atoms with Crippen LogP contribution in [0.1, 0.15) is 52.9 Å².